The Morgan fingerprint density at radius 3 is 2.95 bits per heavy atom. The van der Waals surface area contributed by atoms with Crippen LogP contribution < -0.4 is 4.74 Å². The average Bonchev–Trinajstić information content (AvgIpc) is 2.83. The van der Waals surface area contributed by atoms with E-state index in [2.05, 4.69) is 4.98 Å². The third kappa shape index (κ3) is 3.84. The molecule has 1 heterocycles. The topological polar surface area (TPSA) is 72.6 Å². The lowest BCUT2D eigenvalue weighted by Gasteiger charge is -2.06. The molecule has 5 nitrogen and oxygen atoms in total. The zero-order chi connectivity index (χ0) is 13.7. The van der Waals surface area contributed by atoms with Crippen molar-refractivity contribution < 1.29 is 19.1 Å². The van der Waals surface area contributed by atoms with Crippen LogP contribution in [0.3, 0.4) is 0 Å². The Morgan fingerprint density at radius 1 is 1.42 bits per heavy atom. The molecule has 0 aliphatic heterocycles. The number of aliphatic carboxylic acids is 1. The highest BCUT2D eigenvalue weighted by Gasteiger charge is 2.07. The standard InChI is InChI=1S/C14H15NO4/c1-10-4-2-3-5-12(10)18-9-13-15-8-11(19-13)6-7-14(16)17/h2-5,8H,6-7,9H2,1H3,(H,16,17). The summed E-state index contributed by atoms with van der Waals surface area (Å²) in [6.45, 7) is 2.20. The number of carboxylic acid groups (broad SMARTS) is 1. The van der Waals surface area contributed by atoms with Crippen molar-refractivity contribution >= 4 is 5.97 Å². The molecule has 0 saturated carbocycles. The Bertz CT molecular complexity index is 562. The van der Waals surface area contributed by atoms with Crippen molar-refractivity contribution in [3.8, 4) is 5.75 Å². The summed E-state index contributed by atoms with van der Waals surface area (Å²) in [5.41, 5.74) is 1.04. The van der Waals surface area contributed by atoms with Crippen LogP contribution in [0, 0.1) is 6.92 Å². The number of hydrogen-bond donors (Lipinski definition) is 1. The van der Waals surface area contributed by atoms with E-state index in [0.29, 0.717) is 18.1 Å². The van der Waals surface area contributed by atoms with Gasteiger partial charge in [-0.2, -0.15) is 0 Å². The van der Waals surface area contributed by atoms with Gasteiger partial charge < -0.3 is 14.3 Å². The van der Waals surface area contributed by atoms with Crippen LogP contribution in [-0.4, -0.2) is 16.1 Å². The fourth-order valence-electron chi connectivity index (χ4n) is 1.62. The molecule has 1 N–H and O–H groups in total. The number of carboxylic acids is 1. The maximum absolute atomic E-state index is 10.4. The molecule has 0 fully saturated rings. The first-order valence-corrected chi connectivity index (χ1v) is 5.99. The molecular formula is C14H15NO4. The number of aromatic nitrogens is 1. The lowest BCUT2D eigenvalue weighted by atomic mass is 10.2. The van der Waals surface area contributed by atoms with E-state index in [0.717, 1.165) is 11.3 Å². The van der Waals surface area contributed by atoms with Crippen molar-refractivity contribution in [3.05, 3.63) is 47.7 Å². The highest BCUT2D eigenvalue weighted by atomic mass is 16.5. The summed E-state index contributed by atoms with van der Waals surface area (Å²) in [5.74, 6) is 0.941. The predicted molar refractivity (Wildman–Crippen MR) is 68.0 cm³/mol. The number of aryl methyl sites for hydroxylation is 2. The molecule has 19 heavy (non-hydrogen) atoms. The predicted octanol–water partition coefficient (Wildman–Crippen LogP) is 2.58. The van der Waals surface area contributed by atoms with Crippen LogP contribution in [0.15, 0.2) is 34.9 Å². The number of oxazole rings is 1. The zero-order valence-electron chi connectivity index (χ0n) is 10.6. The second-order valence-corrected chi connectivity index (χ2v) is 4.17. The van der Waals surface area contributed by atoms with E-state index in [-0.39, 0.29) is 13.0 Å². The first-order chi connectivity index (χ1) is 9.15. The molecule has 0 unspecified atom stereocenters. The van der Waals surface area contributed by atoms with Crippen LogP contribution in [0.25, 0.3) is 0 Å². The molecule has 0 amide bonds. The van der Waals surface area contributed by atoms with E-state index >= 15 is 0 Å². The Kier molecular flexibility index (Phi) is 4.18. The van der Waals surface area contributed by atoms with E-state index in [1.54, 1.807) is 6.20 Å². The van der Waals surface area contributed by atoms with E-state index in [9.17, 15) is 4.79 Å². The van der Waals surface area contributed by atoms with Crippen molar-refractivity contribution in [2.45, 2.75) is 26.4 Å². The lowest BCUT2D eigenvalue weighted by molar-refractivity contribution is -0.137. The third-order valence-corrected chi connectivity index (χ3v) is 2.63. The normalized spacial score (nSPS) is 10.4. The van der Waals surface area contributed by atoms with Crippen LogP contribution in [-0.2, 0) is 17.8 Å². The highest BCUT2D eigenvalue weighted by Crippen LogP contribution is 2.18. The molecule has 0 aliphatic carbocycles. The van der Waals surface area contributed by atoms with Gasteiger partial charge in [0.1, 0.15) is 11.5 Å². The van der Waals surface area contributed by atoms with Crippen molar-refractivity contribution in [1.29, 1.82) is 0 Å². The Balaban J connectivity index is 1.90. The SMILES string of the molecule is Cc1ccccc1OCc1ncc(CCC(=O)O)o1. The van der Waals surface area contributed by atoms with Crippen molar-refractivity contribution in [3.63, 3.8) is 0 Å². The highest BCUT2D eigenvalue weighted by molar-refractivity contribution is 5.66. The minimum Gasteiger partial charge on any atom is -0.484 e. The van der Waals surface area contributed by atoms with Crippen molar-refractivity contribution in [2.24, 2.45) is 0 Å². The molecule has 0 bridgehead atoms. The maximum Gasteiger partial charge on any atom is 0.303 e. The third-order valence-electron chi connectivity index (χ3n) is 2.63. The number of rotatable bonds is 6. The second kappa shape index (κ2) is 6.04. The number of benzene rings is 1. The second-order valence-electron chi connectivity index (χ2n) is 4.17. The van der Waals surface area contributed by atoms with Gasteiger partial charge in [-0.05, 0) is 18.6 Å². The number of nitrogens with zero attached hydrogens (tertiary/aromatic N) is 1. The molecule has 1 aromatic heterocycles. The largest absolute Gasteiger partial charge is 0.484 e. The number of para-hydroxylation sites is 1. The van der Waals surface area contributed by atoms with Gasteiger partial charge in [-0.25, -0.2) is 4.98 Å². The molecule has 2 rings (SSSR count). The summed E-state index contributed by atoms with van der Waals surface area (Å²) in [5, 5.41) is 8.58. The molecular weight excluding hydrogens is 246 g/mol. The van der Waals surface area contributed by atoms with Gasteiger partial charge in [0.25, 0.3) is 0 Å². The molecule has 1 aromatic carbocycles. The van der Waals surface area contributed by atoms with Crippen molar-refractivity contribution in [1.82, 2.24) is 4.98 Å². The first kappa shape index (κ1) is 13.1. The van der Waals surface area contributed by atoms with Crippen molar-refractivity contribution in [2.75, 3.05) is 0 Å². The average molecular weight is 261 g/mol. The van der Waals surface area contributed by atoms with Gasteiger partial charge in [0, 0.05) is 6.42 Å². The van der Waals surface area contributed by atoms with Crippen LogP contribution in [0.4, 0.5) is 0 Å². The Morgan fingerprint density at radius 2 is 2.21 bits per heavy atom. The molecule has 0 aliphatic rings. The number of carbonyl (C=O) groups is 1. The van der Waals surface area contributed by atoms with E-state index in [4.69, 9.17) is 14.3 Å². The summed E-state index contributed by atoms with van der Waals surface area (Å²) in [6, 6.07) is 7.68. The maximum atomic E-state index is 10.4. The monoisotopic (exact) mass is 261 g/mol. The minimum absolute atomic E-state index is 0.0350. The van der Waals surface area contributed by atoms with Crippen LogP contribution in [0.5, 0.6) is 5.75 Å². The zero-order valence-corrected chi connectivity index (χ0v) is 10.6. The number of ether oxygens (including phenoxy) is 1. The summed E-state index contributed by atoms with van der Waals surface area (Å²) < 4.78 is 11.0. The van der Waals surface area contributed by atoms with Gasteiger partial charge in [-0.3, -0.25) is 4.79 Å². The molecule has 0 radical (unpaired) electrons. The summed E-state index contributed by atoms with van der Waals surface area (Å²) >= 11 is 0. The van der Waals surface area contributed by atoms with Gasteiger partial charge in [0.2, 0.25) is 5.89 Å². The quantitative estimate of drug-likeness (QED) is 0.865. The van der Waals surface area contributed by atoms with E-state index < -0.39 is 5.97 Å². The van der Waals surface area contributed by atoms with Gasteiger partial charge in [-0.1, -0.05) is 18.2 Å². The van der Waals surface area contributed by atoms with E-state index in [1.165, 1.54) is 0 Å². The van der Waals surface area contributed by atoms with E-state index in [1.807, 2.05) is 31.2 Å². The van der Waals surface area contributed by atoms with Gasteiger partial charge in [0.15, 0.2) is 6.61 Å². The summed E-state index contributed by atoms with van der Waals surface area (Å²) in [7, 11) is 0. The molecule has 2 aromatic rings. The Hall–Kier alpha value is -2.30. The molecule has 100 valence electrons. The summed E-state index contributed by atoms with van der Waals surface area (Å²) in [6.07, 6.45) is 1.92. The Labute approximate surface area is 110 Å². The van der Waals surface area contributed by atoms with Gasteiger partial charge in [-0.15, -0.1) is 0 Å². The molecule has 0 atom stereocenters. The molecule has 5 heteroatoms. The van der Waals surface area contributed by atoms with Crippen LogP contribution in [0.1, 0.15) is 23.6 Å². The van der Waals surface area contributed by atoms with Gasteiger partial charge >= 0.3 is 5.97 Å². The first-order valence-electron chi connectivity index (χ1n) is 5.99. The number of hydrogen-bond acceptors (Lipinski definition) is 4. The molecule has 0 spiro atoms. The van der Waals surface area contributed by atoms with Crippen LogP contribution >= 0.6 is 0 Å². The summed E-state index contributed by atoms with van der Waals surface area (Å²) in [4.78, 5) is 14.5. The fraction of sp³-hybridized carbons (Fsp3) is 0.286. The minimum atomic E-state index is -0.853. The smallest absolute Gasteiger partial charge is 0.303 e. The fourth-order valence-corrected chi connectivity index (χ4v) is 1.62. The lowest BCUT2D eigenvalue weighted by Crippen LogP contribution is -1.97. The molecule has 0 saturated heterocycles. The van der Waals surface area contributed by atoms with Crippen LogP contribution in [0.2, 0.25) is 0 Å². The van der Waals surface area contributed by atoms with Gasteiger partial charge in [0.05, 0.1) is 12.6 Å².